The predicted molar refractivity (Wildman–Crippen MR) is 115 cm³/mol. The summed E-state index contributed by atoms with van der Waals surface area (Å²) in [6.07, 6.45) is 0. The molecule has 2 saturated heterocycles. The van der Waals surface area contributed by atoms with Gasteiger partial charge in [0.1, 0.15) is 6.54 Å². The predicted octanol–water partition coefficient (Wildman–Crippen LogP) is 1.74. The van der Waals surface area contributed by atoms with Crippen LogP contribution in [0.1, 0.15) is 33.5 Å². The van der Waals surface area contributed by atoms with Crippen LogP contribution in [-0.2, 0) is 16.8 Å². The van der Waals surface area contributed by atoms with Gasteiger partial charge in [0.2, 0.25) is 11.8 Å². The Kier molecular flexibility index (Phi) is 4.83. The summed E-state index contributed by atoms with van der Waals surface area (Å²) in [6, 6.07) is 11.2. The van der Waals surface area contributed by atoms with Gasteiger partial charge < -0.3 is 14.3 Å². The van der Waals surface area contributed by atoms with E-state index in [1.54, 1.807) is 11.6 Å². The van der Waals surface area contributed by atoms with E-state index < -0.39 is 5.41 Å². The van der Waals surface area contributed by atoms with Crippen LogP contribution in [0.25, 0.3) is 0 Å². The van der Waals surface area contributed by atoms with Crippen LogP contribution >= 0.6 is 0 Å². The van der Waals surface area contributed by atoms with Crippen LogP contribution in [0.3, 0.4) is 0 Å². The molecule has 2 amide bonds. The molecule has 2 fully saturated rings. The molecule has 0 radical (unpaired) electrons. The number of hydrogen-bond acceptors (Lipinski definition) is 6. The van der Waals surface area contributed by atoms with Crippen molar-refractivity contribution in [3.63, 3.8) is 0 Å². The first-order valence-electron chi connectivity index (χ1n) is 10.8. The summed E-state index contributed by atoms with van der Waals surface area (Å²) in [7, 11) is 0. The first kappa shape index (κ1) is 20.4. The second-order valence-corrected chi connectivity index (χ2v) is 8.91. The Morgan fingerprint density at radius 2 is 1.81 bits per heavy atom. The van der Waals surface area contributed by atoms with Gasteiger partial charge >= 0.3 is 0 Å². The summed E-state index contributed by atoms with van der Waals surface area (Å²) >= 11 is 0. The Morgan fingerprint density at radius 3 is 2.47 bits per heavy atom. The number of aryl methyl sites for hydroxylation is 3. The summed E-state index contributed by atoms with van der Waals surface area (Å²) in [5.41, 5.74) is 1.94. The second-order valence-electron chi connectivity index (χ2n) is 8.91. The molecule has 9 nitrogen and oxygen atoms in total. The van der Waals surface area contributed by atoms with E-state index >= 15 is 0 Å². The zero-order valence-corrected chi connectivity index (χ0v) is 18.5. The largest absolute Gasteiger partial charge is 0.340 e. The fourth-order valence-electron chi connectivity index (χ4n) is 5.04. The van der Waals surface area contributed by atoms with E-state index in [1.165, 1.54) is 0 Å². The summed E-state index contributed by atoms with van der Waals surface area (Å²) in [6.45, 7) is 7.80. The number of fused-ring (bicyclic) bond motifs is 1. The molecule has 0 N–H and O–H groups in total. The van der Waals surface area contributed by atoms with E-state index in [1.807, 2.05) is 60.0 Å². The van der Waals surface area contributed by atoms with Crippen molar-refractivity contribution in [3.8, 4) is 0 Å². The average Bonchev–Trinajstić information content (AvgIpc) is 3.51. The monoisotopic (exact) mass is 434 g/mol. The van der Waals surface area contributed by atoms with Gasteiger partial charge in [-0.3, -0.25) is 14.3 Å². The van der Waals surface area contributed by atoms with Gasteiger partial charge in [0, 0.05) is 43.4 Å². The summed E-state index contributed by atoms with van der Waals surface area (Å²) in [5, 5.41) is 8.41. The van der Waals surface area contributed by atoms with Gasteiger partial charge in [-0.15, -0.1) is 0 Å². The SMILES string of the molecule is Cc1cc(C)n(CC(=O)N2CC3CN(C(=O)c4ccccc4)CC3(c3nc(C)no3)C2)n1. The van der Waals surface area contributed by atoms with Crippen LogP contribution in [-0.4, -0.2) is 67.7 Å². The Bertz CT molecular complexity index is 1170. The summed E-state index contributed by atoms with van der Waals surface area (Å²) in [4.78, 5) is 34.5. The van der Waals surface area contributed by atoms with Crippen molar-refractivity contribution in [2.45, 2.75) is 32.7 Å². The van der Waals surface area contributed by atoms with Crippen molar-refractivity contribution in [2.24, 2.45) is 5.92 Å². The zero-order valence-electron chi connectivity index (χ0n) is 18.5. The molecule has 2 aliphatic heterocycles. The highest BCUT2D eigenvalue weighted by Crippen LogP contribution is 2.44. The minimum absolute atomic E-state index is 0.00199. The molecule has 2 unspecified atom stereocenters. The Morgan fingerprint density at radius 1 is 1.09 bits per heavy atom. The highest BCUT2D eigenvalue weighted by molar-refractivity contribution is 5.94. The van der Waals surface area contributed by atoms with Gasteiger partial charge in [-0.2, -0.15) is 10.1 Å². The number of likely N-dealkylation sites (tertiary alicyclic amines) is 2. The number of aromatic nitrogens is 4. The number of benzene rings is 1. The Hall–Kier alpha value is -3.49. The van der Waals surface area contributed by atoms with Crippen molar-refractivity contribution >= 4 is 11.8 Å². The van der Waals surface area contributed by atoms with E-state index in [2.05, 4.69) is 15.2 Å². The van der Waals surface area contributed by atoms with Crippen LogP contribution in [0.15, 0.2) is 40.9 Å². The normalized spacial score (nSPS) is 22.4. The van der Waals surface area contributed by atoms with Gasteiger partial charge in [0.05, 0.1) is 11.1 Å². The van der Waals surface area contributed by atoms with Crippen LogP contribution in [0.2, 0.25) is 0 Å². The minimum atomic E-state index is -0.559. The Balaban J connectivity index is 1.40. The number of carbonyl (C=O) groups excluding carboxylic acids is 2. The molecule has 3 aromatic rings. The molecular weight excluding hydrogens is 408 g/mol. The van der Waals surface area contributed by atoms with E-state index in [0.29, 0.717) is 43.5 Å². The third kappa shape index (κ3) is 3.37. The highest BCUT2D eigenvalue weighted by Gasteiger charge is 2.58. The maximum absolute atomic E-state index is 13.1. The second kappa shape index (κ2) is 7.58. The number of hydrogen-bond donors (Lipinski definition) is 0. The number of rotatable bonds is 4. The van der Waals surface area contributed by atoms with Crippen molar-refractivity contribution in [1.29, 1.82) is 0 Å². The minimum Gasteiger partial charge on any atom is -0.340 e. The van der Waals surface area contributed by atoms with Gasteiger partial charge in [-0.05, 0) is 39.0 Å². The molecule has 0 saturated carbocycles. The lowest BCUT2D eigenvalue weighted by Gasteiger charge is -2.26. The maximum Gasteiger partial charge on any atom is 0.253 e. The third-order valence-corrected chi connectivity index (χ3v) is 6.61. The van der Waals surface area contributed by atoms with Gasteiger partial charge in [0.15, 0.2) is 5.82 Å². The number of carbonyl (C=O) groups is 2. The number of nitrogens with zero attached hydrogens (tertiary/aromatic N) is 6. The van der Waals surface area contributed by atoms with E-state index in [4.69, 9.17) is 4.52 Å². The molecule has 2 atom stereocenters. The molecule has 5 rings (SSSR count). The van der Waals surface area contributed by atoms with Gasteiger partial charge in [-0.1, -0.05) is 23.4 Å². The lowest BCUT2D eigenvalue weighted by atomic mass is 9.81. The summed E-state index contributed by atoms with van der Waals surface area (Å²) in [5.74, 6) is 1.07. The van der Waals surface area contributed by atoms with Crippen LogP contribution in [0, 0.1) is 26.7 Å². The zero-order chi connectivity index (χ0) is 22.5. The van der Waals surface area contributed by atoms with Gasteiger partial charge in [-0.25, -0.2) is 0 Å². The number of amides is 2. The van der Waals surface area contributed by atoms with Crippen LogP contribution in [0.4, 0.5) is 0 Å². The smallest absolute Gasteiger partial charge is 0.253 e. The molecule has 1 aromatic carbocycles. The van der Waals surface area contributed by atoms with Crippen LogP contribution < -0.4 is 0 Å². The fraction of sp³-hybridized carbons (Fsp3) is 0.435. The Labute approximate surface area is 186 Å². The molecule has 2 aromatic heterocycles. The molecule has 2 aliphatic rings. The van der Waals surface area contributed by atoms with Gasteiger partial charge in [0.25, 0.3) is 5.91 Å². The van der Waals surface area contributed by atoms with Crippen molar-refractivity contribution in [1.82, 2.24) is 29.7 Å². The van der Waals surface area contributed by atoms with Crippen LogP contribution in [0.5, 0.6) is 0 Å². The molecule has 4 heterocycles. The lowest BCUT2D eigenvalue weighted by molar-refractivity contribution is -0.131. The third-order valence-electron chi connectivity index (χ3n) is 6.61. The molecule has 0 aliphatic carbocycles. The molecule has 166 valence electrons. The first-order valence-corrected chi connectivity index (χ1v) is 10.8. The molecule has 0 bridgehead atoms. The first-order chi connectivity index (χ1) is 15.4. The molecule has 9 heteroatoms. The topological polar surface area (TPSA) is 97.4 Å². The van der Waals surface area contributed by atoms with Crippen molar-refractivity contribution in [3.05, 3.63) is 65.1 Å². The van der Waals surface area contributed by atoms with Crippen molar-refractivity contribution < 1.29 is 14.1 Å². The van der Waals surface area contributed by atoms with E-state index in [0.717, 1.165) is 11.4 Å². The summed E-state index contributed by atoms with van der Waals surface area (Å²) < 4.78 is 7.34. The van der Waals surface area contributed by atoms with Crippen molar-refractivity contribution in [2.75, 3.05) is 26.2 Å². The standard InChI is InChI=1S/C23H26N6O3/c1-15-9-16(2)29(25-15)12-20(30)27-10-19-11-28(21(31)18-7-5-4-6-8-18)14-23(19,13-27)22-24-17(3)26-32-22/h4-9,19H,10-14H2,1-3H3. The fourth-order valence-corrected chi connectivity index (χ4v) is 5.04. The average molecular weight is 435 g/mol. The molecular formula is C23H26N6O3. The van der Waals surface area contributed by atoms with E-state index in [-0.39, 0.29) is 24.3 Å². The van der Waals surface area contributed by atoms with E-state index in [9.17, 15) is 9.59 Å². The quantitative estimate of drug-likeness (QED) is 0.621. The molecule has 32 heavy (non-hydrogen) atoms. The maximum atomic E-state index is 13.1. The highest BCUT2D eigenvalue weighted by atomic mass is 16.5. The lowest BCUT2D eigenvalue weighted by Crippen LogP contribution is -2.42. The molecule has 0 spiro atoms.